The molecule has 1 atom stereocenters. The minimum Gasteiger partial charge on any atom is -0.489 e. The van der Waals surface area contributed by atoms with Gasteiger partial charge in [-0.3, -0.25) is 4.79 Å². The first-order valence-corrected chi connectivity index (χ1v) is 9.97. The van der Waals surface area contributed by atoms with Crippen LogP contribution < -0.4 is 10.5 Å². The summed E-state index contributed by atoms with van der Waals surface area (Å²) in [4.78, 5) is 25.2. The van der Waals surface area contributed by atoms with Crippen LogP contribution in [0.2, 0.25) is 0 Å². The quantitative estimate of drug-likeness (QED) is 0.735. The molecule has 0 spiro atoms. The number of ether oxygens (including phenoxy) is 3. The van der Waals surface area contributed by atoms with Gasteiger partial charge in [-0.25, -0.2) is 9.18 Å². The van der Waals surface area contributed by atoms with Crippen molar-refractivity contribution in [1.29, 1.82) is 0 Å². The van der Waals surface area contributed by atoms with E-state index in [4.69, 9.17) is 19.9 Å². The molecule has 0 saturated carbocycles. The van der Waals surface area contributed by atoms with Crippen LogP contribution in [0.3, 0.4) is 0 Å². The van der Waals surface area contributed by atoms with Crippen LogP contribution in [0.25, 0.3) is 0 Å². The highest BCUT2D eigenvalue weighted by Gasteiger charge is 2.41. The second-order valence-electron chi connectivity index (χ2n) is 7.40. The first-order valence-electron chi connectivity index (χ1n) is 9.97. The van der Waals surface area contributed by atoms with Gasteiger partial charge < -0.3 is 19.9 Å². The van der Waals surface area contributed by atoms with Gasteiger partial charge in [-0.2, -0.15) is 0 Å². The first kappa shape index (κ1) is 20.7. The normalized spacial score (nSPS) is 18.4. The largest absolute Gasteiger partial charge is 0.489 e. The second kappa shape index (κ2) is 8.63. The Bertz CT molecular complexity index is 1070. The number of Topliss-reactive ketones (excluding diaryl/α,β-unsaturated/α-hetero) is 1. The molecule has 1 heterocycles. The van der Waals surface area contributed by atoms with Gasteiger partial charge in [0.1, 0.15) is 29.5 Å². The number of halogens is 1. The fourth-order valence-corrected chi connectivity index (χ4v) is 3.90. The van der Waals surface area contributed by atoms with Gasteiger partial charge in [0.05, 0.1) is 13.0 Å². The topological polar surface area (TPSA) is 87.9 Å². The molecule has 160 valence electrons. The summed E-state index contributed by atoms with van der Waals surface area (Å²) in [6, 6.07) is 13.2. The fraction of sp³-hybridized carbons (Fsp3) is 0.250. The number of nitrogens with two attached hydrogens (primary N) is 1. The van der Waals surface area contributed by atoms with Crippen LogP contribution in [0.15, 0.2) is 71.3 Å². The lowest BCUT2D eigenvalue weighted by molar-refractivity contribution is -0.136. The molecule has 2 aromatic rings. The minimum absolute atomic E-state index is 0.0399. The van der Waals surface area contributed by atoms with Gasteiger partial charge in [0, 0.05) is 18.4 Å². The molecular formula is C24H22FNO5. The number of esters is 1. The lowest BCUT2D eigenvalue weighted by atomic mass is 9.77. The maximum absolute atomic E-state index is 13.0. The van der Waals surface area contributed by atoms with Gasteiger partial charge in [0.25, 0.3) is 0 Å². The van der Waals surface area contributed by atoms with E-state index in [-0.39, 0.29) is 29.7 Å². The number of carbonyl (C=O) groups is 2. The molecule has 4 rings (SSSR count). The lowest BCUT2D eigenvalue weighted by Gasteiger charge is -2.32. The molecule has 0 saturated heterocycles. The molecule has 6 nitrogen and oxygen atoms in total. The van der Waals surface area contributed by atoms with Crippen LogP contribution in [0.5, 0.6) is 5.75 Å². The number of allylic oxidation sites excluding steroid dienone is 2. The van der Waals surface area contributed by atoms with Crippen molar-refractivity contribution in [3.63, 3.8) is 0 Å². The summed E-state index contributed by atoms with van der Waals surface area (Å²) in [5, 5.41) is 0. The zero-order valence-corrected chi connectivity index (χ0v) is 17.0. The predicted octanol–water partition coefficient (Wildman–Crippen LogP) is 3.87. The molecule has 0 unspecified atom stereocenters. The molecular weight excluding hydrogens is 401 g/mol. The van der Waals surface area contributed by atoms with Crippen molar-refractivity contribution < 1.29 is 28.2 Å². The van der Waals surface area contributed by atoms with Gasteiger partial charge in [-0.15, -0.1) is 0 Å². The molecule has 1 aliphatic carbocycles. The number of hydrogen-bond acceptors (Lipinski definition) is 6. The molecule has 2 aromatic carbocycles. The van der Waals surface area contributed by atoms with Crippen LogP contribution >= 0.6 is 0 Å². The number of benzene rings is 2. The third-order valence-electron chi connectivity index (χ3n) is 5.42. The summed E-state index contributed by atoms with van der Waals surface area (Å²) >= 11 is 0. The number of ketones is 1. The summed E-state index contributed by atoms with van der Waals surface area (Å²) in [5.74, 6) is -0.578. The summed E-state index contributed by atoms with van der Waals surface area (Å²) in [5.41, 5.74) is 8.17. The Morgan fingerprint density at radius 3 is 2.52 bits per heavy atom. The highest BCUT2D eigenvalue weighted by Crippen LogP contribution is 2.44. The third-order valence-corrected chi connectivity index (χ3v) is 5.42. The van der Waals surface area contributed by atoms with Crippen molar-refractivity contribution >= 4 is 11.8 Å². The van der Waals surface area contributed by atoms with E-state index in [1.54, 1.807) is 36.4 Å². The zero-order chi connectivity index (χ0) is 22.0. The Kier molecular flexibility index (Phi) is 5.75. The van der Waals surface area contributed by atoms with Crippen LogP contribution in [0, 0.1) is 5.82 Å². The Labute approximate surface area is 179 Å². The Balaban J connectivity index is 1.62. The molecule has 0 radical (unpaired) electrons. The van der Waals surface area contributed by atoms with Gasteiger partial charge in [-0.05, 0) is 41.8 Å². The van der Waals surface area contributed by atoms with Gasteiger partial charge >= 0.3 is 5.97 Å². The van der Waals surface area contributed by atoms with Crippen LogP contribution in [-0.4, -0.2) is 18.9 Å². The maximum atomic E-state index is 13.0. The van der Waals surface area contributed by atoms with Gasteiger partial charge in [0.2, 0.25) is 5.88 Å². The average molecular weight is 423 g/mol. The number of hydrogen-bond donors (Lipinski definition) is 1. The molecule has 31 heavy (non-hydrogen) atoms. The highest BCUT2D eigenvalue weighted by molar-refractivity contribution is 6.03. The molecule has 0 fully saturated rings. The predicted molar refractivity (Wildman–Crippen MR) is 110 cm³/mol. The first-order chi connectivity index (χ1) is 15.0. The second-order valence-corrected chi connectivity index (χ2v) is 7.40. The Morgan fingerprint density at radius 2 is 1.84 bits per heavy atom. The SMILES string of the molecule is COC(=O)C1=C(N)OC2=C(C(=O)CCC2)[C@@H]1c1ccc(OCc2ccc(F)cc2)cc1. The van der Waals surface area contributed by atoms with Crippen molar-refractivity contribution in [2.75, 3.05) is 7.11 Å². The molecule has 0 bridgehead atoms. The minimum atomic E-state index is -0.657. The van der Waals surface area contributed by atoms with E-state index >= 15 is 0 Å². The zero-order valence-electron chi connectivity index (χ0n) is 17.0. The van der Waals surface area contributed by atoms with Gasteiger partial charge in [-0.1, -0.05) is 24.3 Å². The highest BCUT2D eigenvalue weighted by atomic mass is 19.1. The van der Waals surface area contributed by atoms with E-state index in [0.717, 1.165) is 5.56 Å². The van der Waals surface area contributed by atoms with E-state index in [1.165, 1.54) is 19.2 Å². The van der Waals surface area contributed by atoms with Crippen molar-refractivity contribution in [1.82, 2.24) is 0 Å². The average Bonchev–Trinajstić information content (AvgIpc) is 2.78. The van der Waals surface area contributed by atoms with Crippen LogP contribution in [0.1, 0.15) is 36.3 Å². The van der Waals surface area contributed by atoms with Crippen molar-refractivity contribution in [2.24, 2.45) is 5.73 Å². The standard InChI is InChI=1S/C24H22FNO5/c1-29-24(28)22-20(21-18(27)3-2-4-19(21)31-23(22)26)15-7-11-17(12-8-15)30-13-14-5-9-16(25)10-6-14/h5-12,20H,2-4,13,26H2,1H3/t20-/m0/s1. The third kappa shape index (κ3) is 4.17. The van der Waals surface area contributed by atoms with E-state index in [9.17, 15) is 14.0 Å². The van der Waals surface area contributed by atoms with Crippen molar-refractivity contribution in [3.8, 4) is 5.75 Å². The fourth-order valence-electron chi connectivity index (χ4n) is 3.90. The lowest BCUT2D eigenvalue weighted by Crippen LogP contribution is -2.31. The van der Waals surface area contributed by atoms with Crippen LogP contribution in [0.4, 0.5) is 4.39 Å². The van der Waals surface area contributed by atoms with Crippen LogP contribution in [-0.2, 0) is 25.7 Å². The number of carbonyl (C=O) groups excluding carboxylic acids is 2. The van der Waals surface area contributed by atoms with E-state index in [1.807, 2.05) is 0 Å². The van der Waals surface area contributed by atoms with Crippen molar-refractivity contribution in [3.05, 3.63) is 88.3 Å². The molecule has 7 heteroatoms. The molecule has 2 N–H and O–H groups in total. The number of rotatable bonds is 5. The molecule has 0 aromatic heterocycles. The summed E-state index contributed by atoms with van der Waals surface area (Å²) in [6.07, 6.45) is 1.67. The summed E-state index contributed by atoms with van der Waals surface area (Å²) in [6.45, 7) is 0.283. The monoisotopic (exact) mass is 423 g/mol. The van der Waals surface area contributed by atoms with E-state index < -0.39 is 11.9 Å². The summed E-state index contributed by atoms with van der Waals surface area (Å²) < 4.78 is 29.3. The maximum Gasteiger partial charge on any atom is 0.340 e. The van der Waals surface area contributed by atoms with E-state index in [2.05, 4.69) is 0 Å². The van der Waals surface area contributed by atoms with Crippen molar-refractivity contribution in [2.45, 2.75) is 31.8 Å². The summed E-state index contributed by atoms with van der Waals surface area (Å²) in [7, 11) is 1.26. The molecule has 2 aliphatic rings. The Hall–Kier alpha value is -3.61. The molecule has 1 aliphatic heterocycles. The molecule has 0 amide bonds. The number of methoxy groups -OCH3 is 1. The van der Waals surface area contributed by atoms with E-state index in [0.29, 0.717) is 41.9 Å². The van der Waals surface area contributed by atoms with Gasteiger partial charge in [0.15, 0.2) is 5.78 Å². The smallest absolute Gasteiger partial charge is 0.340 e. The Morgan fingerprint density at radius 1 is 1.13 bits per heavy atom.